The molecule has 0 bridgehead atoms. The van der Waals surface area contributed by atoms with Crippen LogP contribution < -0.4 is 0 Å². The number of nitrogens with one attached hydrogen (secondary N) is 1. The van der Waals surface area contributed by atoms with E-state index in [1.165, 1.54) is 0 Å². The summed E-state index contributed by atoms with van der Waals surface area (Å²) in [5, 5.41) is -0.0486. The topological polar surface area (TPSA) is 40.9 Å². The first-order chi connectivity index (χ1) is 4.19. The second-order valence-corrected chi connectivity index (χ2v) is 7.13. The van der Waals surface area contributed by atoms with Crippen LogP contribution in [0.3, 0.4) is 0 Å². The van der Waals surface area contributed by atoms with Gasteiger partial charge in [-0.2, -0.15) is 0 Å². The Morgan fingerprint density at radius 1 is 1.30 bits per heavy atom. The van der Waals surface area contributed by atoms with Gasteiger partial charge in [-0.15, -0.1) is 0 Å². The summed E-state index contributed by atoms with van der Waals surface area (Å²) in [6.07, 6.45) is 0. The second-order valence-electron chi connectivity index (χ2n) is 3.76. The van der Waals surface area contributed by atoms with Crippen LogP contribution in [0, 0.1) is 4.78 Å². The summed E-state index contributed by atoms with van der Waals surface area (Å²) < 4.78 is 18.7. The SMILES string of the molecule is CC(C)S(=N)(=O)C(C)(C)C. The summed E-state index contributed by atoms with van der Waals surface area (Å²) in [5.74, 6) is 0. The van der Waals surface area contributed by atoms with E-state index in [4.69, 9.17) is 4.78 Å². The second kappa shape index (κ2) is 2.53. The Kier molecular flexibility index (Phi) is 2.52. The lowest BCUT2D eigenvalue weighted by Gasteiger charge is -2.25. The molecule has 0 saturated heterocycles. The van der Waals surface area contributed by atoms with Crippen LogP contribution >= 0.6 is 0 Å². The van der Waals surface area contributed by atoms with Crippen molar-refractivity contribution in [1.29, 1.82) is 4.78 Å². The molecular weight excluding hydrogens is 146 g/mol. The molecule has 1 atom stereocenters. The van der Waals surface area contributed by atoms with E-state index in [1.54, 1.807) is 0 Å². The van der Waals surface area contributed by atoms with Gasteiger partial charge in [0.25, 0.3) is 0 Å². The van der Waals surface area contributed by atoms with Gasteiger partial charge in [-0.25, -0.2) is 4.21 Å². The maximum atomic E-state index is 11.6. The first-order valence-corrected chi connectivity index (χ1v) is 5.09. The maximum absolute atomic E-state index is 11.6. The van der Waals surface area contributed by atoms with Gasteiger partial charge in [0.05, 0.1) is 9.73 Å². The third-order valence-electron chi connectivity index (χ3n) is 1.57. The van der Waals surface area contributed by atoms with Crippen molar-refractivity contribution in [3.63, 3.8) is 0 Å². The highest BCUT2D eigenvalue weighted by molar-refractivity contribution is 7.94. The van der Waals surface area contributed by atoms with Crippen LogP contribution in [0.25, 0.3) is 0 Å². The molecule has 0 saturated carbocycles. The maximum Gasteiger partial charge on any atom is 0.0515 e. The summed E-state index contributed by atoms with van der Waals surface area (Å²) in [7, 11) is -2.41. The van der Waals surface area contributed by atoms with Gasteiger partial charge in [0.2, 0.25) is 0 Å². The predicted molar refractivity (Wildman–Crippen MR) is 45.8 cm³/mol. The molecule has 0 fully saturated rings. The average Bonchev–Trinajstić information content (AvgIpc) is 1.62. The molecule has 0 aromatic heterocycles. The van der Waals surface area contributed by atoms with E-state index in [0.29, 0.717) is 0 Å². The Bertz CT molecular complexity index is 196. The molecule has 0 aromatic carbocycles. The molecule has 1 unspecified atom stereocenters. The molecule has 62 valence electrons. The summed E-state index contributed by atoms with van der Waals surface area (Å²) in [6.45, 7) is 9.22. The lowest BCUT2D eigenvalue weighted by molar-refractivity contribution is 0.628. The normalized spacial score (nSPS) is 19.0. The van der Waals surface area contributed by atoms with Gasteiger partial charge < -0.3 is 0 Å². The van der Waals surface area contributed by atoms with Crippen molar-refractivity contribution < 1.29 is 4.21 Å². The zero-order chi connectivity index (χ0) is 8.58. The van der Waals surface area contributed by atoms with Gasteiger partial charge in [0.1, 0.15) is 0 Å². The van der Waals surface area contributed by atoms with E-state index in [1.807, 2.05) is 34.6 Å². The molecule has 3 heteroatoms. The van der Waals surface area contributed by atoms with Crippen LogP contribution in [0.5, 0.6) is 0 Å². The van der Waals surface area contributed by atoms with Gasteiger partial charge in [-0.3, -0.25) is 4.78 Å². The molecule has 0 aliphatic rings. The molecule has 0 aromatic rings. The lowest BCUT2D eigenvalue weighted by atomic mass is 10.3. The Hall–Kier alpha value is -0.0500. The molecule has 0 aliphatic carbocycles. The monoisotopic (exact) mass is 163 g/mol. The van der Waals surface area contributed by atoms with Crippen LogP contribution in [0.4, 0.5) is 0 Å². The Morgan fingerprint density at radius 2 is 1.60 bits per heavy atom. The van der Waals surface area contributed by atoms with E-state index >= 15 is 0 Å². The van der Waals surface area contributed by atoms with Crippen LogP contribution in [-0.2, 0) is 9.73 Å². The molecule has 10 heavy (non-hydrogen) atoms. The highest BCUT2D eigenvalue weighted by atomic mass is 32.2. The first-order valence-electron chi connectivity index (χ1n) is 3.47. The van der Waals surface area contributed by atoms with Crippen LogP contribution in [0.1, 0.15) is 34.6 Å². The molecule has 2 nitrogen and oxygen atoms in total. The van der Waals surface area contributed by atoms with Crippen molar-refractivity contribution in [2.75, 3.05) is 0 Å². The fourth-order valence-electron chi connectivity index (χ4n) is 0.707. The molecule has 0 spiro atoms. The number of hydrogen-bond donors (Lipinski definition) is 1. The standard InChI is InChI=1S/C7H17NOS/c1-6(2)10(8,9)7(3,4)5/h6,8H,1-5H3. The highest BCUT2D eigenvalue weighted by Crippen LogP contribution is 2.20. The molecule has 0 heterocycles. The number of rotatable bonds is 1. The van der Waals surface area contributed by atoms with Gasteiger partial charge in [-0.1, -0.05) is 13.8 Å². The summed E-state index contributed by atoms with van der Waals surface area (Å²) in [4.78, 5) is 0. The van der Waals surface area contributed by atoms with E-state index in [2.05, 4.69) is 0 Å². The summed E-state index contributed by atoms with van der Waals surface area (Å²) >= 11 is 0. The van der Waals surface area contributed by atoms with Crippen LogP contribution in [0.15, 0.2) is 0 Å². The predicted octanol–water partition coefficient (Wildman–Crippen LogP) is 2.24. The highest BCUT2D eigenvalue weighted by Gasteiger charge is 2.27. The van der Waals surface area contributed by atoms with Gasteiger partial charge >= 0.3 is 0 Å². The summed E-state index contributed by atoms with van der Waals surface area (Å²) in [6, 6.07) is 0. The largest absolute Gasteiger partial charge is 0.252 e. The van der Waals surface area contributed by atoms with Gasteiger partial charge in [-0.05, 0) is 20.8 Å². The number of hydrogen-bond acceptors (Lipinski definition) is 2. The van der Waals surface area contributed by atoms with Crippen molar-refractivity contribution in [2.45, 2.75) is 44.6 Å². The van der Waals surface area contributed by atoms with E-state index < -0.39 is 9.73 Å². The Morgan fingerprint density at radius 3 is 1.60 bits per heavy atom. The van der Waals surface area contributed by atoms with Crippen molar-refractivity contribution in [3.8, 4) is 0 Å². The zero-order valence-corrected chi connectivity index (χ0v) is 8.21. The van der Waals surface area contributed by atoms with Gasteiger partial charge in [0, 0.05) is 10.00 Å². The fourth-order valence-corrected chi connectivity index (χ4v) is 2.12. The quantitative estimate of drug-likeness (QED) is 0.632. The third-order valence-corrected chi connectivity index (χ3v) is 4.72. The van der Waals surface area contributed by atoms with Crippen molar-refractivity contribution in [1.82, 2.24) is 0 Å². The molecular formula is C7H17NOS. The Balaban J connectivity index is 4.79. The Labute approximate surface area is 64.0 Å². The van der Waals surface area contributed by atoms with Crippen molar-refractivity contribution >= 4 is 9.73 Å². The van der Waals surface area contributed by atoms with E-state index in [-0.39, 0.29) is 10.00 Å². The molecule has 0 amide bonds. The first kappa shape index (κ1) is 9.95. The fraction of sp³-hybridized carbons (Fsp3) is 1.00. The van der Waals surface area contributed by atoms with Crippen molar-refractivity contribution in [2.24, 2.45) is 0 Å². The average molecular weight is 163 g/mol. The van der Waals surface area contributed by atoms with E-state index in [0.717, 1.165) is 0 Å². The zero-order valence-electron chi connectivity index (χ0n) is 7.39. The minimum Gasteiger partial charge on any atom is -0.252 e. The van der Waals surface area contributed by atoms with Crippen LogP contribution in [0.2, 0.25) is 0 Å². The molecule has 1 N–H and O–H groups in total. The van der Waals surface area contributed by atoms with Crippen LogP contribution in [-0.4, -0.2) is 14.2 Å². The summed E-state index contributed by atoms with van der Waals surface area (Å²) in [5.41, 5.74) is 0. The van der Waals surface area contributed by atoms with Gasteiger partial charge in [0.15, 0.2) is 0 Å². The van der Waals surface area contributed by atoms with Crippen molar-refractivity contribution in [3.05, 3.63) is 0 Å². The molecule has 0 radical (unpaired) electrons. The smallest absolute Gasteiger partial charge is 0.0515 e. The minimum atomic E-state index is -2.41. The molecule has 0 aliphatic heterocycles. The lowest BCUT2D eigenvalue weighted by Crippen LogP contribution is -2.32. The third kappa shape index (κ3) is 1.72. The molecule has 0 rings (SSSR count). The minimum absolute atomic E-state index is 0.0486. The van der Waals surface area contributed by atoms with E-state index in [9.17, 15) is 4.21 Å².